The molecule has 1 saturated heterocycles. The summed E-state index contributed by atoms with van der Waals surface area (Å²) in [5.74, 6) is 0.698. The highest BCUT2D eigenvalue weighted by Crippen LogP contribution is 2.43. The molecule has 1 atom stereocenters. The van der Waals surface area contributed by atoms with Crippen LogP contribution in [0, 0.1) is 0 Å². The summed E-state index contributed by atoms with van der Waals surface area (Å²) in [7, 11) is 0. The van der Waals surface area contributed by atoms with Crippen LogP contribution in [0.5, 0.6) is 5.75 Å². The largest absolute Gasteiger partial charge is 0.488 e. The third kappa shape index (κ3) is 2.29. The Hall–Kier alpha value is -0.930. The van der Waals surface area contributed by atoms with E-state index in [4.69, 9.17) is 26.8 Å². The molecule has 1 saturated carbocycles. The van der Waals surface area contributed by atoms with Crippen LogP contribution in [0.25, 0.3) is 0 Å². The monoisotopic (exact) mass is 267 g/mol. The van der Waals surface area contributed by atoms with Crippen LogP contribution in [0.4, 0.5) is 5.69 Å². The lowest BCUT2D eigenvalue weighted by molar-refractivity contribution is -0.153. The Morgan fingerprint density at radius 1 is 1.39 bits per heavy atom. The second-order valence-corrected chi connectivity index (χ2v) is 5.74. The van der Waals surface area contributed by atoms with Gasteiger partial charge >= 0.3 is 0 Å². The van der Waals surface area contributed by atoms with E-state index >= 15 is 0 Å². The van der Waals surface area contributed by atoms with Gasteiger partial charge in [0.2, 0.25) is 0 Å². The summed E-state index contributed by atoms with van der Waals surface area (Å²) in [5, 5.41) is 0.657. The van der Waals surface area contributed by atoms with E-state index < -0.39 is 0 Å². The minimum atomic E-state index is 0.0935. The second-order valence-electron chi connectivity index (χ2n) is 5.30. The van der Waals surface area contributed by atoms with Crippen LogP contribution < -0.4 is 10.5 Å². The molecule has 3 rings (SSSR count). The highest BCUT2D eigenvalue weighted by molar-refractivity contribution is 6.30. The summed E-state index contributed by atoms with van der Waals surface area (Å²) in [6.45, 7) is 0.783. The first kappa shape index (κ1) is 12.1. The van der Waals surface area contributed by atoms with Crippen molar-refractivity contribution in [3.63, 3.8) is 0 Å². The van der Waals surface area contributed by atoms with E-state index in [1.54, 1.807) is 18.2 Å². The number of ether oxygens (including phenoxy) is 2. The molecule has 98 valence electrons. The van der Waals surface area contributed by atoms with Gasteiger partial charge in [0.25, 0.3) is 0 Å². The predicted octanol–water partition coefficient (Wildman–Crippen LogP) is 3.40. The van der Waals surface area contributed by atoms with Gasteiger partial charge in [-0.3, -0.25) is 0 Å². The quantitative estimate of drug-likeness (QED) is 0.836. The van der Waals surface area contributed by atoms with Gasteiger partial charge in [0.15, 0.2) is 0 Å². The topological polar surface area (TPSA) is 44.5 Å². The molecule has 1 heterocycles. The zero-order valence-corrected chi connectivity index (χ0v) is 11.1. The van der Waals surface area contributed by atoms with Crippen LogP contribution in [0.15, 0.2) is 18.2 Å². The van der Waals surface area contributed by atoms with Gasteiger partial charge in [-0.05, 0) is 31.4 Å². The fourth-order valence-corrected chi connectivity index (χ4v) is 2.95. The van der Waals surface area contributed by atoms with Crippen molar-refractivity contribution in [3.8, 4) is 5.75 Å². The summed E-state index contributed by atoms with van der Waals surface area (Å²) < 4.78 is 11.9. The van der Waals surface area contributed by atoms with Crippen molar-refractivity contribution in [2.24, 2.45) is 0 Å². The Kier molecular flexibility index (Phi) is 3.12. The van der Waals surface area contributed by atoms with Crippen molar-refractivity contribution >= 4 is 17.3 Å². The van der Waals surface area contributed by atoms with Crippen LogP contribution in [0.1, 0.15) is 32.1 Å². The van der Waals surface area contributed by atoms with E-state index in [1.807, 2.05) is 0 Å². The SMILES string of the molecule is Nc1ccc(Cl)cc1OC1CCOC2(CCC2)C1. The van der Waals surface area contributed by atoms with Crippen LogP contribution >= 0.6 is 11.6 Å². The minimum absolute atomic E-state index is 0.0935. The van der Waals surface area contributed by atoms with Gasteiger partial charge in [0.05, 0.1) is 17.9 Å². The molecule has 0 amide bonds. The van der Waals surface area contributed by atoms with Crippen molar-refractivity contribution in [2.75, 3.05) is 12.3 Å². The Labute approximate surface area is 112 Å². The van der Waals surface area contributed by atoms with Crippen LogP contribution in [-0.2, 0) is 4.74 Å². The van der Waals surface area contributed by atoms with E-state index in [-0.39, 0.29) is 11.7 Å². The second kappa shape index (κ2) is 4.63. The van der Waals surface area contributed by atoms with Crippen molar-refractivity contribution < 1.29 is 9.47 Å². The number of nitrogen functional groups attached to an aromatic ring is 1. The Balaban J connectivity index is 1.70. The number of anilines is 1. The van der Waals surface area contributed by atoms with Gasteiger partial charge in [-0.1, -0.05) is 11.6 Å². The maximum Gasteiger partial charge on any atom is 0.144 e. The van der Waals surface area contributed by atoms with E-state index in [1.165, 1.54) is 6.42 Å². The molecule has 0 bridgehead atoms. The lowest BCUT2D eigenvalue weighted by Gasteiger charge is -2.46. The Morgan fingerprint density at radius 3 is 2.94 bits per heavy atom. The molecule has 4 heteroatoms. The fraction of sp³-hybridized carbons (Fsp3) is 0.571. The van der Waals surface area contributed by atoms with Crippen LogP contribution in [-0.4, -0.2) is 18.3 Å². The van der Waals surface area contributed by atoms with Gasteiger partial charge in [0.1, 0.15) is 11.9 Å². The third-order valence-corrected chi connectivity index (χ3v) is 4.22. The minimum Gasteiger partial charge on any atom is -0.488 e. The van der Waals surface area contributed by atoms with Crippen LogP contribution in [0.3, 0.4) is 0 Å². The molecule has 1 spiro atoms. The zero-order valence-electron chi connectivity index (χ0n) is 10.3. The molecule has 18 heavy (non-hydrogen) atoms. The average Bonchev–Trinajstić information content (AvgIpc) is 2.32. The van der Waals surface area contributed by atoms with Gasteiger partial charge in [0, 0.05) is 23.9 Å². The summed E-state index contributed by atoms with van der Waals surface area (Å²) in [4.78, 5) is 0. The molecule has 1 aliphatic heterocycles. The first-order chi connectivity index (χ1) is 8.67. The number of rotatable bonds is 2. The highest BCUT2D eigenvalue weighted by Gasteiger charge is 2.43. The molecule has 1 aromatic rings. The van der Waals surface area contributed by atoms with Gasteiger partial charge in [-0.2, -0.15) is 0 Å². The molecule has 2 fully saturated rings. The molecule has 0 aromatic heterocycles. The van der Waals surface area contributed by atoms with Crippen molar-refractivity contribution in [1.82, 2.24) is 0 Å². The summed E-state index contributed by atoms with van der Waals surface area (Å²) in [5.41, 5.74) is 6.65. The molecule has 3 nitrogen and oxygen atoms in total. The third-order valence-electron chi connectivity index (χ3n) is 3.98. The summed E-state index contributed by atoms with van der Waals surface area (Å²) in [6, 6.07) is 5.36. The predicted molar refractivity (Wildman–Crippen MR) is 72.0 cm³/mol. The molecular formula is C14H18ClNO2. The molecule has 1 aromatic carbocycles. The number of hydrogen-bond acceptors (Lipinski definition) is 3. The summed E-state index contributed by atoms with van der Waals surface area (Å²) in [6.07, 6.45) is 5.69. The van der Waals surface area contributed by atoms with Crippen LogP contribution in [0.2, 0.25) is 5.02 Å². The molecule has 0 radical (unpaired) electrons. The van der Waals surface area contributed by atoms with Crippen molar-refractivity contribution in [2.45, 2.75) is 43.8 Å². The number of halogens is 1. The smallest absolute Gasteiger partial charge is 0.144 e. The lowest BCUT2D eigenvalue weighted by atomic mass is 9.74. The van der Waals surface area contributed by atoms with Crippen molar-refractivity contribution in [3.05, 3.63) is 23.2 Å². The Bertz CT molecular complexity index is 445. The van der Waals surface area contributed by atoms with Gasteiger partial charge in [-0.25, -0.2) is 0 Å². The Morgan fingerprint density at radius 2 is 2.22 bits per heavy atom. The maximum absolute atomic E-state index is 6.01. The molecule has 2 aliphatic rings. The highest BCUT2D eigenvalue weighted by atomic mass is 35.5. The van der Waals surface area contributed by atoms with E-state index in [0.29, 0.717) is 16.5 Å². The lowest BCUT2D eigenvalue weighted by Crippen LogP contribution is -2.48. The number of nitrogens with two attached hydrogens (primary N) is 1. The van der Waals surface area contributed by atoms with Crippen molar-refractivity contribution in [1.29, 1.82) is 0 Å². The standard InChI is InChI=1S/C14H18ClNO2/c15-10-2-3-12(16)13(8-10)18-11-4-7-17-14(9-11)5-1-6-14/h2-3,8,11H,1,4-7,9,16H2. The number of benzene rings is 1. The molecular weight excluding hydrogens is 250 g/mol. The van der Waals surface area contributed by atoms with E-state index in [0.717, 1.165) is 32.3 Å². The molecule has 2 N–H and O–H groups in total. The maximum atomic E-state index is 6.01. The molecule has 1 unspecified atom stereocenters. The molecule has 1 aliphatic carbocycles. The number of hydrogen-bond donors (Lipinski definition) is 1. The zero-order chi connectivity index (χ0) is 12.6. The van der Waals surface area contributed by atoms with E-state index in [9.17, 15) is 0 Å². The fourth-order valence-electron chi connectivity index (χ4n) is 2.79. The van der Waals surface area contributed by atoms with E-state index in [2.05, 4.69) is 0 Å². The average molecular weight is 268 g/mol. The first-order valence-electron chi connectivity index (χ1n) is 6.53. The first-order valence-corrected chi connectivity index (χ1v) is 6.90. The van der Waals surface area contributed by atoms with Gasteiger partial charge < -0.3 is 15.2 Å². The summed E-state index contributed by atoms with van der Waals surface area (Å²) >= 11 is 5.97. The van der Waals surface area contributed by atoms with Gasteiger partial charge in [-0.15, -0.1) is 0 Å². The normalized spacial score (nSPS) is 25.7.